The third-order valence-corrected chi connectivity index (χ3v) is 4.70. The minimum absolute atomic E-state index is 0.217. The molecule has 0 unspecified atom stereocenters. The van der Waals surface area contributed by atoms with E-state index in [1.54, 1.807) is 18.2 Å². The molecular weight excluding hydrogens is 322 g/mol. The fraction of sp³-hybridized carbons (Fsp3) is 0.0556. The van der Waals surface area contributed by atoms with Crippen molar-refractivity contribution in [3.8, 4) is 0 Å². The van der Waals surface area contributed by atoms with E-state index < -0.39 is 0 Å². The second-order valence-electron chi connectivity index (χ2n) is 5.54. The van der Waals surface area contributed by atoms with Crippen LogP contribution in [-0.2, 0) is 0 Å². The lowest BCUT2D eigenvalue weighted by Crippen LogP contribution is -2.18. The third-order valence-electron chi connectivity index (χ3n) is 3.76. The number of carbonyl (C=O) groups excluding carboxylic acids is 1. The van der Waals surface area contributed by atoms with Crippen molar-refractivity contribution >= 4 is 43.4 Å². The molecule has 1 amide bonds. The quantitative estimate of drug-likeness (QED) is 0.586. The SMILES string of the molecule is Cc1ccc2nc(NC(=O)c3cc4ccccc4c(=O)[nH]3)sc2c1. The first-order valence-corrected chi connectivity index (χ1v) is 8.22. The molecule has 0 aliphatic rings. The molecule has 24 heavy (non-hydrogen) atoms. The molecule has 0 atom stereocenters. The molecule has 6 heteroatoms. The summed E-state index contributed by atoms with van der Waals surface area (Å²) in [6, 6.07) is 14.8. The van der Waals surface area contributed by atoms with Gasteiger partial charge < -0.3 is 4.98 Å². The Labute approximate surface area is 141 Å². The number of aromatic nitrogens is 2. The maximum absolute atomic E-state index is 12.4. The van der Waals surface area contributed by atoms with Crippen molar-refractivity contribution in [3.05, 3.63) is 70.1 Å². The topological polar surface area (TPSA) is 74.8 Å². The largest absolute Gasteiger partial charge is 0.317 e. The van der Waals surface area contributed by atoms with Gasteiger partial charge in [-0.1, -0.05) is 35.6 Å². The van der Waals surface area contributed by atoms with Crippen molar-refractivity contribution in [3.63, 3.8) is 0 Å². The molecule has 0 saturated carbocycles. The highest BCUT2D eigenvalue weighted by Gasteiger charge is 2.12. The zero-order valence-corrected chi connectivity index (χ0v) is 13.6. The molecular formula is C18H13N3O2S. The first kappa shape index (κ1) is 14.6. The zero-order valence-electron chi connectivity index (χ0n) is 12.8. The number of thiazole rings is 1. The predicted octanol–water partition coefficient (Wildman–Crippen LogP) is 3.70. The van der Waals surface area contributed by atoms with Gasteiger partial charge in [0.15, 0.2) is 5.13 Å². The van der Waals surface area contributed by atoms with E-state index in [2.05, 4.69) is 15.3 Å². The van der Waals surface area contributed by atoms with Gasteiger partial charge in [0.1, 0.15) is 5.69 Å². The van der Waals surface area contributed by atoms with E-state index in [-0.39, 0.29) is 17.2 Å². The van der Waals surface area contributed by atoms with Crippen LogP contribution in [0.15, 0.2) is 53.3 Å². The van der Waals surface area contributed by atoms with Gasteiger partial charge in [0.25, 0.3) is 11.5 Å². The minimum Gasteiger partial charge on any atom is -0.317 e. The van der Waals surface area contributed by atoms with Gasteiger partial charge in [-0.2, -0.15) is 0 Å². The lowest BCUT2D eigenvalue weighted by Gasteiger charge is -2.03. The van der Waals surface area contributed by atoms with Gasteiger partial charge in [-0.3, -0.25) is 14.9 Å². The molecule has 0 spiro atoms. The van der Waals surface area contributed by atoms with E-state index in [1.165, 1.54) is 11.3 Å². The van der Waals surface area contributed by atoms with E-state index in [0.29, 0.717) is 10.5 Å². The number of aromatic amines is 1. The van der Waals surface area contributed by atoms with Crippen molar-refractivity contribution in [1.29, 1.82) is 0 Å². The molecule has 0 fully saturated rings. The van der Waals surface area contributed by atoms with Gasteiger partial charge in [-0.05, 0) is 42.1 Å². The van der Waals surface area contributed by atoms with Crippen LogP contribution in [0, 0.1) is 6.92 Å². The molecule has 2 heterocycles. The van der Waals surface area contributed by atoms with E-state index in [4.69, 9.17) is 0 Å². The van der Waals surface area contributed by atoms with Gasteiger partial charge in [-0.15, -0.1) is 0 Å². The van der Waals surface area contributed by atoms with Gasteiger partial charge in [0.2, 0.25) is 0 Å². The third kappa shape index (κ3) is 2.57. The smallest absolute Gasteiger partial charge is 0.273 e. The Morgan fingerprint density at radius 3 is 2.88 bits per heavy atom. The molecule has 118 valence electrons. The monoisotopic (exact) mass is 335 g/mol. The van der Waals surface area contributed by atoms with E-state index >= 15 is 0 Å². The maximum atomic E-state index is 12.4. The number of benzene rings is 2. The van der Waals surface area contributed by atoms with Crippen molar-refractivity contribution in [1.82, 2.24) is 9.97 Å². The lowest BCUT2D eigenvalue weighted by atomic mass is 10.1. The second kappa shape index (κ2) is 5.58. The number of H-pyrrole nitrogens is 1. The number of fused-ring (bicyclic) bond motifs is 2. The number of rotatable bonds is 2. The normalized spacial score (nSPS) is 11.0. The van der Waals surface area contributed by atoms with Crippen LogP contribution in [0.3, 0.4) is 0 Å². The number of nitrogens with one attached hydrogen (secondary N) is 2. The van der Waals surface area contributed by atoms with E-state index in [9.17, 15) is 9.59 Å². The van der Waals surface area contributed by atoms with Crippen molar-refractivity contribution in [2.24, 2.45) is 0 Å². The van der Waals surface area contributed by atoms with Crippen molar-refractivity contribution < 1.29 is 4.79 Å². The molecule has 5 nitrogen and oxygen atoms in total. The summed E-state index contributed by atoms with van der Waals surface area (Å²) < 4.78 is 1.01. The number of hydrogen-bond donors (Lipinski definition) is 2. The molecule has 0 bridgehead atoms. The minimum atomic E-state index is -0.381. The van der Waals surface area contributed by atoms with Crippen LogP contribution in [0.1, 0.15) is 16.1 Å². The first-order valence-electron chi connectivity index (χ1n) is 7.41. The Morgan fingerprint density at radius 2 is 2.00 bits per heavy atom. The lowest BCUT2D eigenvalue weighted by molar-refractivity contribution is 0.102. The van der Waals surface area contributed by atoms with Crippen LogP contribution in [0.4, 0.5) is 5.13 Å². The highest BCUT2D eigenvalue weighted by molar-refractivity contribution is 7.22. The van der Waals surface area contributed by atoms with Crippen LogP contribution in [-0.4, -0.2) is 15.9 Å². The first-order chi connectivity index (χ1) is 11.6. The van der Waals surface area contributed by atoms with Crippen LogP contribution >= 0.6 is 11.3 Å². The average Bonchev–Trinajstić information content (AvgIpc) is 2.96. The highest BCUT2D eigenvalue weighted by atomic mass is 32.1. The second-order valence-corrected chi connectivity index (χ2v) is 6.57. The standard InChI is InChI=1S/C18H13N3O2S/c1-10-6-7-13-15(8-10)24-18(20-13)21-17(23)14-9-11-4-2-3-5-12(11)16(22)19-14/h2-9H,1H3,(H,19,22)(H,20,21,23). The molecule has 4 rings (SSSR count). The number of hydrogen-bond acceptors (Lipinski definition) is 4. The summed E-state index contributed by atoms with van der Waals surface area (Å²) in [4.78, 5) is 31.5. The van der Waals surface area contributed by atoms with Crippen LogP contribution < -0.4 is 10.9 Å². The van der Waals surface area contributed by atoms with Crippen LogP contribution in [0.2, 0.25) is 0 Å². The number of nitrogens with zero attached hydrogens (tertiary/aromatic N) is 1. The Hall–Kier alpha value is -2.99. The van der Waals surface area contributed by atoms with Gasteiger partial charge in [-0.25, -0.2) is 4.98 Å². The number of amides is 1. The molecule has 0 radical (unpaired) electrons. The molecule has 0 aliphatic carbocycles. The van der Waals surface area contributed by atoms with E-state index in [1.807, 2.05) is 37.3 Å². The summed E-state index contributed by atoms with van der Waals surface area (Å²) in [5.41, 5.74) is 1.92. The maximum Gasteiger partial charge on any atom is 0.273 e. The van der Waals surface area contributed by atoms with Gasteiger partial charge >= 0.3 is 0 Å². The van der Waals surface area contributed by atoms with Crippen molar-refractivity contribution in [2.45, 2.75) is 6.92 Å². The number of carbonyl (C=O) groups is 1. The number of anilines is 1. The fourth-order valence-electron chi connectivity index (χ4n) is 2.58. The molecule has 0 aliphatic heterocycles. The fourth-order valence-corrected chi connectivity index (χ4v) is 3.54. The summed E-state index contributed by atoms with van der Waals surface area (Å²) >= 11 is 1.41. The molecule has 4 aromatic rings. The van der Waals surface area contributed by atoms with Gasteiger partial charge in [0, 0.05) is 5.39 Å². The average molecular weight is 335 g/mol. The Balaban J connectivity index is 1.69. The molecule has 0 saturated heterocycles. The van der Waals surface area contributed by atoms with Crippen molar-refractivity contribution in [2.75, 3.05) is 5.32 Å². The Bertz CT molecular complexity index is 1140. The summed E-state index contributed by atoms with van der Waals surface area (Å²) in [7, 11) is 0. The van der Waals surface area contributed by atoms with Crippen LogP contribution in [0.5, 0.6) is 0 Å². The summed E-state index contributed by atoms with van der Waals surface area (Å²) in [6.07, 6.45) is 0. The predicted molar refractivity (Wildman–Crippen MR) is 96.9 cm³/mol. The Morgan fingerprint density at radius 1 is 1.17 bits per heavy atom. The molecule has 2 aromatic heterocycles. The summed E-state index contributed by atoms with van der Waals surface area (Å²) in [5, 5.41) is 4.55. The molecule has 2 N–H and O–H groups in total. The molecule has 2 aromatic carbocycles. The van der Waals surface area contributed by atoms with Gasteiger partial charge in [0.05, 0.1) is 10.2 Å². The van der Waals surface area contributed by atoms with Crippen LogP contribution in [0.25, 0.3) is 21.0 Å². The number of aryl methyl sites for hydroxylation is 1. The zero-order chi connectivity index (χ0) is 16.7. The summed E-state index contributed by atoms with van der Waals surface area (Å²) in [6.45, 7) is 2.01. The Kier molecular flexibility index (Phi) is 3.39. The van der Waals surface area contributed by atoms with E-state index in [0.717, 1.165) is 21.2 Å². The summed E-state index contributed by atoms with van der Waals surface area (Å²) in [5.74, 6) is -0.381. The number of pyridine rings is 1. The highest BCUT2D eigenvalue weighted by Crippen LogP contribution is 2.27.